The Bertz CT molecular complexity index is 706. The third kappa shape index (κ3) is 3.56. The molecule has 1 atom stereocenters. The van der Waals surface area contributed by atoms with Crippen molar-refractivity contribution < 1.29 is 23.5 Å². The van der Waals surface area contributed by atoms with Crippen LogP contribution < -0.4 is 4.74 Å². The number of nitro groups is 1. The van der Waals surface area contributed by atoms with Gasteiger partial charge in [0.25, 0.3) is 5.69 Å². The maximum absolute atomic E-state index is 13.1. The number of nitro benzene ring substituents is 1. The van der Waals surface area contributed by atoms with Gasteiger partial charge in [0.2, 0.25) is 0 Å². The monoisotopic (exact) mass is 309 g/mol. The lowest BCUT2D eigenvalue weighted by Crippen LogP contribution is -2.10. The van der Waals surface area contributed by atoms with Gasteiger partial charge < -0.3 is 9.84 Å². The largest absolute Gasteiger partial charge is 0.490 e. The van der Waals surface area contributed by atoms with Crippen molar-refractivity contribution in [3.05, 3.63) is 69.3 Å². The molecule has 22 heavy (non-hydrogen) atoms. The number of ether oxygens (including phenoxy) is 1. The van der Waals surface area contributed by atoms with Crippen LogP contribution in [-0.2, 0) is 0 Å². The van der Waals surface area contributed by atoms with Crippen molar-refractivity contribution >= 4 is 5.69 Å². The van der Waals surface area contributed by atoms with Gasteiger partial charge in [0.1, 0.15) is 18.5 Å². The summed E-state index contributed by atoms with van der Waals surface area (Å²) in [6, 6.07) is 7.32. The number of nitrogens with zero attached hydrogens (tertiary/aromatic N) is 1. The molecule has 0 radical (unpaired) electrons. The maximum atomic E-state index is 13.1. The molecule has 0 saturated carbocycles. The smallest absolute Gasteiger partial charge is 0.276 e. The number of hydrogen-bond donors (Lipinski definition) is 1. The fourth-order valence-electron chi connectivity index (χ4n) is 1.87. The van der Waals surface area contributed by atoms with Crippen molar-refractivity contribution in [2.24, 2.45) is 0 Å². The minimum absolute atomic E-state index is 0.0974. The molecule has 2 rings (SSSR count). The predicted octanol–water partition coefficient (Wildman–Crippen LogP) is 3.29. The van der Waals surface area contributed by atoms with Gasteiger partial charge in [0, 0.05) is 5.56 Å². The van der Waals surface area contributed by atoms with E-state index in [1.165, 1.54) is 24.3 Å². The first-order valence-electron chi connectivity index (χ1n) is 6.39. The normalized spacial score (nSPS) is 12.0. The first kappa shape index (κ1) is 15.8. The molecule has 1 N–H and O–H groups in total. The summed E-state index contributed by atoms with van der Waals surface area (Å²) >= 11 is 0. The van der Waals surface area contributed by atoms with E-state index in [0.29, 0.717) is 5.56 Å². The standard InChI is InChI=1S/C15H13F2NO4/c1-9-2-4-11(7-14(9)18(20)21)22-8-15(19)10-3-5-12(16)13(17)6-10/h2-7,15,19H,8H2,1H3. The molecule has 7 heteroatoms. The van der Waals surface area contributed by atoms with E-state index in [9.17, 15) is 24.0 Å². The van der Waals surface area contributed by atoms with Crippen molar-refractivity contribution in [2.45, 2.75) is 13.0 Å². The Labute approximate surface area is 124 Å². The molecular formula is C15H13F2NO4. The van der Waals surface area contributed by atoms with Crippen LogP contribution in [-0.4, -0.2) is 16.6 Å². The minimum atomic E-state index is -1.18. The molecule has 5 nitrogen and oxygen atoms in total. The Kier molecular flexibility index (Phi) is 4.67. The molecular weight excluding hydrogens is 296 g/mol. The van der Waals surface area contributed by atoms with Gasteiger partial charge in [-0.05, 0) is 36.8 Å². The first-order chi connectivity index (χ1) is 10.4. The van der Waals surface area contributed by atoms with E-state index in [1.807, 2.05) is 0 Å². The van der Waals surface area contributed by atoms with E-state index in [-0.39, 0.29) is 23.6 Å². The third-order valence-corrected chi connectivity index (χ3v) is 3.11. The molecule has 2 aromatic rings. The molecule has 0 aliphatic rings. The second-order valence-corrected chi connectivity index (χ2v) is 4.71. The number of rotatable bonds is 5. The van der Waals surface area contributed by atoms with Gasteiger partial charge in [0.05, 0.1) is 11.0 Å². The highest BCUT2D eigenvalue weighted by Gasteiger charge is 2.14. The highest BCUT2D eigenvalue weighted by molar-refractivity contribution is 5.45. The van der Waals surface area contributed by atoms with Crippen molar-refractivity contribution in [1.82, 2.24) is 0 Å². The highest BCUT2D eigenvalue weighted by atomic mass is 19.2. The topological polar surface area (TPSA) is 72.6 Å². The van der Waals surface area contributed by atoms with Crippen LogP contribution >= 0.6 is 0 Å². The Hall–Kier alpha value is -2.54. The van der Waals surface area contributed by atoms with Crippen molar-refractivity contribution in [3.8, 4) is 5.75 Å². The molecule has 0 amide bonds. The number of aryl methyl sites for hydroxylation is 1. The zero-order chi connectivity index (χ0) is 16.3. The van der Waals surface area contributed by atoms with Crippen molar-refractivity contribution in [1.29, 1.82) is 0 Å². The molecule has 2 aromatic carbocycles. The molecule has 116 valence electrons. The zero-order valence-electron chi connectivity index (χ0n) is 11.6. The highest BCUT2D eigenvalue weighted by Crippen LogP contribution is 2.25. The van der Waals surface area contributed by atoms with Crippen LogP contribution in [0.15, 0.2) is 36.4 Å². The summed E-state index contributed by atoms with van der Waals surface area (Å²) in [4.78, 5) is 10.3. The fraction of sp³-hybridized carbons (Fsp3) is 0.200. The van der Waals surface area contributed by atoms with E-state index < -0.39 is 22.7 Å². The van der Waals surface area contributed by atoms with Gasteiger partial charge in [-0.2, -0.15) is 0 Å². The predicted molar refractivity (Wildman–Crippen MR) is 74.6 cm³/mol. The van der Waals surface area contributed by atoms with Gasteiger partial charge in [0.15, 0.2) is 11.6 Å². The van der Waals surface area contributed by atoms with Crippen LogP contribution in [0.4, 0.5) is 14.5 Å². The lowest BCUT2D eigenvalue weighted by molar-refractivity contribution is -0.385. The Balaban J connectivity index is 2.07. The Morgan fingerprint density at radius 3 is 2.59 bits per heavy atom. The third-order valence-electron chi connectivity index (χ3n) is 3.11. The summed E-state index contributed by atoms with van der Waals surface area (Å²) in [6.45, 7) is 1.35. The van der Waals surface area contributed by atoms with Gasteiger partial charge in [-0.1, -0.05) is 6.07 Å². The molecule has 0 fully saturated rings. The average molecular weight is 309 g/mol. The van der Waals surface area contributed by atoms with Crippen LogP contribution in [0.2, 0.25) is 0 Å². The van der Waals surface area contributed by atoms with Crippen LogP contribution in [0.25, 0.3) is 0 Å². The number of aliphatic hydroxyl groups excluding tert-OH is 1. The van der Waals surface area contributed by atoms with E-state index in [4.69, 9.17) is 4.74 Å². The van der Waals surface area contributed by atoms with Gasteiger partial charge in [-0.25, -0.2) is 8.78 Å². The zero-order valence-corrected chi connectivity index (χ0v) is 11.6. The van der Waals surface area contributed by atoms with Crippen LogP contribution in [0.1, 0.15) is 17.2 Å². The second-order valence-electron chi connectivity index (χ2n) is 4.71. The molecule has 0 bridgehead atoms. The van der Waals surface area contributed by atoms with E-state index in [0.717, 1.165) is 12.1 Å². The van der Waals surface area contributed by atoms with Crippen LogP contribution in [0, 0.1) is 28.7 Å². The van der Waals surface area contributed by atoms with E-state index in [2.05, 4.69) is 0 Å². The number of benzene rings is 2. The van der Waals surface area contributed by atoms with Crippen molar-refractivity contribution in [2.75, 3.05) is 6.61 Å². The summed E-state index contributed by atoms with van der Waals surface area (Å²) in [5.74, 6) is -1.87. The number of hydrogen-bond acceptors (Lipinski definition) is 4. The molecule has 0 aliphatic heterocycles. The molecule has 1 unspecified atom stereocenters. The SMILES string of the molecule is Cc1ccc(OCC(O)c2ccc(F)c(F)c2)cc1[N+](=O)[O-]. The summed E-state index contributed by atoms with van der Waals surface area (Å²) in [7, 11) is 0. The Morgan fingerprint density at radius 1 is 1.23 bits per heavy atom. The molecule has 0 aromatic heterocycles. The number of halogens is 2. The van der Waals surface area contributed by atoms with Gasteiger partial charge in [-0.3, -0.25) is 10.1 Å². The summed E-state index contributed by atoms with van der Waals surface area (Å²) in [6.07, 6.45) is -1.18. The number of aliphatic hydroxyl groups is 1. The lowest BCUT2D eigenvalue weighted by atomic mass is 10.1. The molecule has 0 aliphatic carbocycles. The Morgan fingerprint density at radius 2 is 1.95 bits per heavy atom. The average Bonchev–Trinajstić information content (AvgIpc) is 2.48. The lowest BCUT2D eigenvalue weighted by Gasteiger charge is -2.13. The van der Waals surface area contributed by atoms with Gasteiger partial charge >= 0.3 is 0 Å². The molecule has 0 heterocycles. The van der Waals surface area contributed by atoms with E-state index >= 15 is 0 Å². The molecule has 0 spiro atoms. The fourth-order valence-corrected chi connectivity index (χ4v) is 1.87. The summed E-state index contributed by atoms with van der Waals surface area (Å²) < 4.78 is 31.2. The van der Waals surface area contributed by atoms with Crippen LogP contribution in [0.5, 0.6) is 5.75 Å². The minimum Gasteiger partial charge on any atom is -0.490 e. The summed E-state index contributed by atoms with van der Waals surface area (Å²) in [5.41, 5.74) is 0.541. The van der Waals surface area contributed by atoms with E-state index in [1.54, 1.807) is 6.92 Å². The molecule has 0 saturated heterocycles. The van der Waals surface area contributed by atoms with Crippen molar-refractivity contribution in [3.63, 3.8) is 0 Å². The van der Waals surface area contributed by atoms with Crippen LogP contribution in [0.3, 0.4) is 0 Å². The maximum Gasteiger partial charge on any atom is 0.276 e. The summed E-state index contributed by atoms with van der Waals surface area (Å²) in [5, 5.41) is 20.7. The first-order valence-corrected chi connectivity index (χ1v) is 6.39. The van der Waals surface area contributed by atoms with Gasteiger partial charge in [-0.15, -0.1) is 0 Å². The second kappa shape index (κ2) is 6.48. The quantitative estimate of drug-likeness (QED) is 0.679.